The van der Waals surface area contributed by atoms with Gasteiger partial charge in [0.05, 0.1) is 0 Å². The molecule has 2 rings (SSSR count). The standard InChI is InChI=1S/C17H21BrN2/c1-20(11-5-8-14-6-3-2-4-7-14)17-10-9-16(18)12-15(17)13-19/h2-4,6-7,9-10,12H,5,8,11,13,19H2,1H3. The third kappa shape index (κ3) is 4.09. The molecule has 2 aromatic rings. The highest BCUT2D eigenvalue weighted by Gasteiger charge is 2.07. The largest absolute Gasteiger partial charge is 0.374 e. The van der Waals surface area contributed by atoms with Crippen LogP contribution in [-0.2, 0) is 13.0 Å². The molecule has 0 saturated heterocycles. The van der Waals surface area contributed by atoms with Crippen LogP contribution in [0.1, 0.15) is 17.5 Å². The van der Waals surface area contributed by atoms with Gasteiger partial charge in [-0.2, -0.15) is 0 Å². The fourth-order valence-electron chi connectivity index (χ4n) is 2.38. The molecule has 3 heteroatoms. The minimum absolute atomic E-state index is 0.567. The van der Waals surface area contributed by atoms with E-state index in [1.807, 2.05) is 0 Å². The summed E-state index contributed by atoms with van der Waals surface area (Å²) < 4.78 is 1.08. The van der Waals surface area contributed by atoms with E-state index in [4.69, 9.17) is 5.73 Å². The van der Waals surface area contributed by atoms with Gasteiger partial charge in [-0.25, -0.2) is 0 Å². The van der Waals surface area contributed by atoms with Crippen molar-refractivity contribution in [3.8, 4) is 0 Å². The number of benzene rings is 2. The van der Waals surface area contributed by atoms with E-state index in [-0.39, 0.29) is 0 Å². The average Bonchev–Trinajstić information content (AvgIpc) is 2.48. The van der Waals surface area contributed by atoms with E-state index in [9.17, 15) is 0 Å². The predicted octanol–water partition coefficient (Wildman–Crippen LogP) is 3.98. The lowest BCUT2D eigenvalue weighted by atomic mass is 10.1. The molecule has 0 aliphatic heterocycles. The molecule has 0 spiro atoms. The van der Waals surface area contributed by atoms with Crippen molar-refractivity contribution in [2.45, 2.75) is 19.4 Å². The van der Waals surface area contributed by atoms with Gasteiger partial charge in [0.1, 0.15) is 0 Å². The first-order chi connectivity index (χ1) is 9.70. The first-order valence-electron chi connectivity index (χ1n) is 6.94. The van der Waals surface area contributed by atoms with Gasteiger partial charge < -0.3 is 10.6 Å². The SMILES string of the molecule is CN(CCCc1ccccc1)c1ccc(Br)cc1CN. The lowest BCUT2D eigenvalue weighted by molar-refractivity contribution is 0.781. The van der Waals surface area contributed by atoms with Crippen LogP contribution in [-0.4, -0.2) is 13.6 Å². The van der Waals surface area contributed by atoms with Crippen molar-refractivity contribution in [1.29, 1.82) is 0 Å². The predicted molar refractivity (Wildman–Crippen MR) is 90.1 cm³/mol. The maximum Gasteiger partial charge on any atom is 0.0409 e. The number of rotatable bonds is 6. The van der Waals surface area contributed by atoms with Crippen LogP contribution in [0.2, 0.25) is 0 Å². The molecule has 2 nitrogen and oxygen atoms in total. The number of anilines is 1. The maximum absolute atomic E-state index is 5.83. The Morgan fingerprint density at radius 2 is 1.85 bits per heavy atom. The van der Waals surface area contributed by atoms with E-state index in [2.05, 4.69) is 76.4 Å². The molecule has 2 aromatic carbocycles. The Hall–Kier alpha value is -1.32. The second-order valence-corrected chi connectivity index (χ2v) is 5.90. The molecule has 0 saturated carbocycles. The first-order valence-corrected chi connectivity index (χ1v) is 7.73. The van der Waals surface area contributed by atoms with Gasteiger partial charge in [-0.3, -0.25) is 0 Å². The van der Waals surface area contributed by atoms with Gasteiger partial charge in [-0.15, -0.1) is 0 Å². The molecular weight excluding hydrogens is 312 g/mol. The van der Waals surface area contributed by atoms with Gasteiger partial charge in [0.15, 0.2) is 0 Å². The Bertz CT molecular complexity index is 540. The smallest absolute Gasteiger partial charge is 0.0409 e. The Morgan fingerprint density at radius 3 is 2.55 bits per heavy atom. The van der Waals surface area contributed by atoms with Crippen molar-refractivity contribution in [2.24, 2.45) is 5.73 Å². The number of hydrogen-bond donors (Lipinski definition) is 1. The maximum atomic E-state index is 5.83. The third-order valence-electron chi connectivity index (χ3n) is 3.47. The number of nitrogens with zero attached hydrogens (tertiary/aromatic N) is 1. The highest BCUT2D eigenvalue weighted by Crippen LogP contribution is 2.23. The molecule has 0 amide bonds. The van der Waals surface area contributed by atoms with Gasteiger partial charge in [0, 0.05) is 30.3 Å². The molecular formula is C17H21BrN2. The minimum atomic E-state index is 0.567. The number of aryl methyl sites for hydroxylation is 1. The van der Waals surface area contributed by atoms with Crippen LogP contribution >= 0.6 is 15.9 Å². The summed E-state index contributed by atoms with van der Waals surface area (Å²) in [6.45, 7) is 1.60. The Kier molecular flexibility index (Phi) is 5.62. The summed E-state index contributed by atoms with van der Waals surface area (Å²) in [5.74, 6) is 0. The second kappa shape index (κ2) is 7.46. The van der Waals surface area contributed by atoms with E-state index in [1.54, 1.807) is 0 Å². The number of nitrogens with two attached hydrogens (primary N) is 1. The van der Waals surface area contributed by atoms with Crippen LogP contribution < -0.4 is 10.6 Å². The van der Waals surface area contributed by atoms with Gasteiger partial charge in [-0.05, 0) is 42.2 Å². The van der Waals surface area contributed by atoms with Gasteiger partial charge in [0.25, 0.3) is 0 Å². The fourth-order valence-corrected chi connectivity index (χ4v) is 2.78. The quantitative estimate of drug-likeness (QED) is 0.866. The topological polar surface area (TPSA) is 29.3 Å². The van der Waals surface area contributed by atoms with Crippen molar-refractivity contribution in [1.82, 2.24) is 0 Å². The van der Waals surface area contributed by atoms with Crippen LogP contribution in [0.4, 0.5) is 5.69 Å². The molecule has 2 N–H and O–H groups in total. The summed E-state index contributed by atoms with van der Waals surface area (Å²) in [4.78, 5) is 2.29. The first kappa shape index (κ1) is 15.1. The summed E-state index contributed by atoms with van der Waals surface area (Å²) >= 11 is 3.50. The zero-order valence-electron chi connectivity index (χ0n) is 11.8. The second-order valence-electron chi connectivity index (χ2n) is 4.99. The molecule has 0 aromatic heterocycles. The zero-order chi connectivity index (χ0) is 14.4. The molecule has 0 fully saturated rings. The molecule has 106 valence electrons. The lowest BCUT2D eigenvalue weighted by Gasteiger charge is -2.22. The van der Waals surface area contributed by atoms with Crippen LogP contribution in [0.5, 0.6) is 0 Å². The molecule has 0 bridgehead atoms. The van der Waals surface area contributed by atoms with Crippen molar-refractivity contribution in [3.05, 3.63) is 64.1 Å². The van der Waals surface area contributed by atoms with Gasteiger partial charge in [0.2, 0.25) is 0 Å². The molecule has 0 unspecified atom stereocenters. The summed E-state index contributed by atoms with van der Waals surface area (Å²) in [6, 6.07) is 16.9. The fraction of sp³-hybridized carbons (Fsp3) is 0.294. The Morgan fingerprint density at radius 1 is 1.10 bits per heavy atom. The molecule has 0 radical (unpaired) electrons. The highest BCUT2D eigenvalue weighted by molar-refractivity contribution is 9.10. The Balaban J connectivity index is 1.93. The monoisotopic (exact) mass is 332 g/mol. The molecule has 20 heavy (non-hydrogen) atoms. The minimum Gasteiger partial charge on any atom is -0.374 e. The lowest BCUT2D eigenvalue weighted by Crippen LogP contribution is -2.21. The van der Waals surface area contributed by atoms with Crippen LogP contribution in [0.3, 0.4) is 0 Å². The number of halogens is 1. The summed E-state index contributed by atoms with van der Waals surface area (Å²) in [5, 5.41) is 0. The normalized spacial score (nSPS) is 10.6. The van der Waals surface area contributed by atoms with E-state index < -0.39 is 0 Å². The molecule has 0 atom stereocenters. The Labute approximate surface area is 129 Å². The third-order valence-corrected chi connectivity index (χ3v) is 3.97. The molecule has 0 aliphatic carbocycles. The summed E-state index contributed by atoms with van der Waals surface area (Å²) in [5.41, 5.74) is 9.64. The van der Waals surface area contributed by atoms with E-state index in [0.717, 1.165) is 23.9 Å². The van der Waals surface area contributed by atoms with E-state index in [0.29, 0.717) is 6.54 Å². The van der Waals surface area contributed by atoms with Gasteiger partial charge in [-0.1, -0.05) is 46.3 Å². The van der Waals surface area contributed by atoms with Crippen molar-refractivity contribution >= 4 is 21.6 Å². The van der Waals surface area contributed by atoms with Gasteiger partial charge >= 0.3 is 0 Å². The van der Waals surface area contributed by atoms with E-state index in [1.165, 1.54) is 16.8 Å². The van der Waals surface area contributed by atoms with Crippen molar-refractivity contribution in [2.75, 3.05) is 18.5 Å². The summed E-state index contributed by atoms with van der Waals surface area (Å²) in [7, 11) is 2.13. The van der Waals surface area contributed by atoms with Crippen LogP contribution in [0, 0.1) is 0 Å². The van der Waals surface area contributed by atoms with E-state index >= 15 is 0 Å². The van der Waals surface area contributed by atoms with Crippen molar-refractivity contribution < 1.29 is 0 Å². The average molecular weight is 333 g/mol. The molecule has 0 heterocycles. The summed E-state index contributed by atoms with van der Waals surface area (Å²) in [6.07, 6.45) is 2.25. The van der Waals surface area contributed by atoms with Crippen LogP contribution in [0.15, 0.2) is 53.0 Å². The van der Waals surface area contributed by atoms with Crippen molar-refractivity contribution in [3.63, 3.8) is 0 Å². The van der Waals surface area contributed by atoms with Crippen LogP contribution in [0.25, 0.3) is 0 Å². The zero-order valence-corrected chi connectivity index (χ0v) is 13.4. The highest BCUT2D eigenvalue weighted by atomic mass is 79.9. The number of hydrogen-bond acceptors (Lipinski definition) is 2. The molecule has 0 aliphatic rings.